The summed E-state index contributed by atoms with van der Waals surface area (Å²) in [5.41, 5.74) is 0. The second kappa shape index (κ2) is 7.83. The highest BCUT2D eigenvalue weighted by Gasteiger charge is 2.15. The Kier molecular flexibility index (Phi) is 6.41. The third-order valence-corrected chi connectivity index (χ3v) is 2.49. The van der Waals surface area contributed by atoms with E-state index in [1.807, 2.05) is 13.8 Å². The highest BCUT2D eigenvalue weighted by Crippen LogP contribution is 2.17. The van der Waals surface area contributed by atoms with Crippen molar-refractivity contribution in [2.75, 3.05) is 36.5 Å². The molecule has 1 rings (SSSR count). The van der Waals surface area contributed by atoms with Crippen molar-refractivity contribution in [3.63, 3.8) is 0 Å². The minimum atomic E-state index is -2.48. The SMILES string of the molecule is CCNc1cc(N(CCO)CC(F)F)nc(CC)n1. The number of aliphatic hydroxyl groups excluding tert-OH is 1. The molecule has 0 amide bonds. The summed E-state index contributed by atoms with van der Waals surface area (Å²) in [5.74, 6) is 1.62. The number of nitrogens with one attached hydrogen (secondary N) is 1. The van der Waals surface area contributed by atoms with Crippen molar-refractivity contribution in [1.82, 2.24) is 9.97 Å². The fraction of sp³-hybridized carbons (Fsp3) is 0.667. The van der Waals surface area contributed by atoms with Crippen LogP contribution in [0.2, 0.25) is 0 Å². The summed E-state index contributed by atoms with van der Waals surface area (Å²) in [5, 5.41) is 12.0. The zero-order chi connectivity index (χ0) is 14.3. The molecular formula is C12H20F2N4O. The van der Waals surface area contributed by atoms with E-state index in [9.17, 15) is 8.78 Å². The van der Waals surface area contributed by atoms with Gasteiger partial charge >= 0.3 is 0 Å². The maximum Gasteiger partial charge on any atom is 0.255 e. The van der Waals surface area contributed by atoms with E-state index in [-0.39, 0.29) is 13.2 Å². The zero-order valence-corrected chi connectivity index (χ0v) is 11.2. The lowest BCUT2D eigenvalue weighted by Crippen LogP contribution is -2.32. The van der Waals surface area contributed by atoms with Crippen LogP contribution in [0.5, 0.6) is 0 Å². The predicted molar refractivity (Wildman–Crippen MR) is 70.9 cm³/mol. The van der Waals surface area contributed by atoms with Gasteiger partial charge in [-0.25, -0.2) is 18.7 Å². The Bertz CT molecular complexity index is 390. The molecule has 0 bridgehead atoms. The molecule has 2 N–H and O–H groups in total. The molecule has 0 aromatic carbocycles. The molecule has 0 atom stereocenters. The first-order valence-corrected chi connectivity index (χ1v) is 6.36. The molecule has 19 heavy (non-hydrogen) atoms. The fourth-order valence-corrected chi connectivity index (χ4v) is 1.66. The quantitative estimate of drug-likeness (QED) is 0.753. The number of nitrogens with zero attached hydrogens (tertiary/aromatic N) is 3. The van der Waals surface area contributed by atoms with Gasteiger partial charge in [-0.15, -0.1) is 0 Å². The topological polar surface area (TPSA) is 61.3 Å². The Morgan fingerprint density at radius 3 is 2.63 bits per heavy atom. The van der Waals surface area contributed by atoms with Gasteiger partial charge in [0.05, 0.1) is 13.2 Å². The Balaban J connectivity index is 3.02. The van der Waals surface area contributed by atoms with Gasteiger partial charge in [-0.05, 0) is 6.92 Å². The molecule has 0 fully saturated rings. The molecular weight excluding hydrogens is 254 g/mol. The molecule has 0 spiro atoms. The lowest BCUT2D eigenvalue weighted by atomic mass is 10.3. The van der Waals surface area contributed by atoms with Crippen molar-refractivity contribution in [2.24, 2.45) is 0 Å². The molecule has 0 aliphatic carbocycles. The zero-order valence-electron chi connectivity index (χ0n) is 11.2. The van der Waals surface area contributed by atoms with Gasteiger partial charge in [0.15, 0.2) is 0 Å². The highest BCUT2D eigenvalue weighted by atomic mass is 19.3. The molecule has 0 aliphatic heterocycles. The van der Waals surface area contributed by atoms with Crippen LogP contribution in [0.3, 0.4) is 0 Å². The second-order valence-electron chi connectivity index (χ2n) is 3.97. The van der Waals surface area contributed by atoms with Gasteiger partial charge in [0.1, 0.15) is 17.5 Å². The Morgan fingerprint density at radius 1 is 1.37 bits per heavy atom. The van der Waals surface area contributed by atoms with E-state index in [0.29, 0.717) is 30.4 Å². The van der Waals surface area contributed by atoms with Crippen LogP contribution < -0.4 is 10.2 Å². The van der Waals surface area contributed by atoms with E-state index in [4.69, 9.17) is 5.11 Å². The van der Waals surface area contributed by atoms with E-state index in [1.165, 1.54) is 4.90 Å². The number of anilines is 2. The summed E-state index contributed by atoms with van der Waals surface area (Å²) < 4.78 is 25.1. The number of aliphatic hydroxyl groups is 1. The average Bonchev–Trinajstić information content (AvgIpc) is 2.37. The third kappa shape index (κ3) is 4.94. The molecule has 5 nitrogen and oxygen atoms in total. The lowest BCUT2D eigenvalue weighted by molar-refractivity contribution is 0.152. The predicted octanol–water partition coefficient (Wildman–Crippen LogP) is 1.53. The maximum atomic E-state index is 12.5. The Hall–Kier alpha value is -1.50. The van der Waals surface area contributed by atoms with E-state index in [0.717, 1.165) is 0 Å². The van der Waals surface area contributed by atoms with E-state index < -0.39 is 13.0 Å². The minimum Gasteiger partial charge on any atom is -0.395 e. The lowest BCUT2D eigenvalue weighted by Gasteiger charge is -2.23. The van der Waals surface area contributed by atoms with E-state index in [2.05, 4.69) is 15.3 Å². The van der Waals surface area contributed by atoms with Gasteiger partial charge < -0.3 is 15.3 Å². The number of hydrogen-bond acceptors (Lipinski definition) is 5. The van der Waals surface area contributed by atoms with Crippen LogP contribution in [0.15, 0.2) is 6.07 Å². The molecule has 0 saturated carbocycles. The largest absolute Gasteiger partial charge is 0.395 e. The normalized spacial score (nSPS) is 10.8. The van der Waals surface area contributed by atoms with Crippen LogP contribution >= 0.6 is 0 Å². The number of aromatic nitrogens is 2. The molecule has 1 aromatic heterocycles. The van der Waals surface area contributed by atoms with Gasteiger partial charge in [0, 0.05) is 25.6 Å². The van der Waals surface area contributed by atoms with Crippen molar-refractivity contribution >= 4 is 11.6 Å². The van der Waals surface area contributed by atoms with Crippen LogP contribution in [-0.2, 0) is 6.42 Å². The summed E-state index contributed by atoms with van der Waals surface area (Å²) >= 11 is 0. The van der Waals surface area contributed by atoms with Gasteiger partial charge in [-0.3, -0.25) is 0 Å². The molecule has 0 unspecified atom stereocenters. The standard InChI is InChI=1S/C12H20F2N4O/c1-3-10-16-11(15-4-2)7-12(17-10)18(5-6-19)8-9(13)14/h7,9,19H,3-6,8H2,1-2H3,(H,15,16,17). The average molecular weight is 274 g/mol. The summed E-state index contributed by atoms with van der Waals surface area (Å²) in [6.45, 7) is 3.99. The van der Waals surface area contributed by atoms with E-state index >= 15 is 0 Å². The van der Waals surface area contributed by atoms with Crippen molar-refractivity contribution in [1.29, 1.82) is 0 Å². The fourth-order valence-electron chi connectivity index (χ4n) is 1.66. The second-order valence-corrected chi connectivity index (χ2v) is 3.97. The Morgan fingerprint density at radius 2 is 2.11 bits per heavy atom. The van der Waals surface area contributed by atoms with Crippen molar-refractivity contribution < 1.29 is 13.9 Å². The molecule has 1 aromatic rings. The Labute approximate surface area is 111 Å². The number of aryl methyl sites for hydroxylation is 1. The van der Waals surface area contributed by atoms with Crippen LogP contribution in [-0.4, -0.2) is 47.7 Å². The number of halogens is 2. The van der Waals surface area contributed by atoms with Crippen molar-refractivity contribution in [3.05, 3.63) is 11.9 Å². The number of rotatable bonds is 8. The molecule has 108 valence electrons. The monoisotopic (exact) mass is 274 g/mol. The van der Waals surface area contributed by atoms with Crippen LogP contribution in [0, 0.1) is 0 Å². The minimum absolute atomic E-state index is 0.121. The smallest absolute Gasteiger partial charge is 0.255 e. The van der Waals surface area contributed by atoms with Gasteiger partial charge in [0.2, 0.25) is 0 Å². The third-order valence-electron chi connectivity index (χ3n) is 2.49. The number of alkyl halides is 2. The van der Waals surface area contributed by atoms with Gasteiger partial charge in [-0.2, -0.15) is 0 Å². The maximum absolute atomic E-state index is 12.5. The molecule has 1 heterocycles. The summed E-state index contributed by atoms with van der Waals surface area (Å²) in [7, 11) is 0. The summed E-state index contributed by atoms with van der Waals surface area (Å²) in [4.78, 5) is 9.87. The highest BCUT2D eigenvalue weighted by molar-refractivity contribution is 5.49. The number of hydrogen-bond donors (Lipinski definition) is 2. The first-order valence-electron chi connectivity index (χ1n) is 6.36. The molecule has 7 heteroatoms. The van der Waals surface area contributed by atoms with Crippen molar-refractivity contribution in [3.8, 4) is 0 Å². The molecule has 0 saturated heterocycles. The van der Waals surface area contributed by atoms with Crippen molar-refractivity contribution in [2.45, 2.75) is 26.7 Å². The van der Waals surface area contributed by atoms with Crippen LogP contribution in [0.4, 0.5) is 20.4 Å². The molecule has 0 radical (unpaired) electrons. The summed E-state index contributed by atoms with van der Waals surface area (Å²) in [6.07, 6.45) is -1.86. The first-order chi connectivity index (χ1) is 9.10. The van der Waals surface area contributed by atoms with Crippen LogP contribution in [0.1, 0.15) is 19.7 Å². The van der Waals surface area contributed by atoms with Gasteiger partial charge in [0.25, 0.3) is 6.43 Å². The first kappa shape index (κ1) is 15.6. The van der Waals surface area contributed by atoms with E-state index in [1.54, 1.807) is 6.07 Å². The summed E-state index contributed by atoms with van der Waals surface area (Å²) in [6, 6.07) is 1.63. The molecule has 0 aliphatic rings. The van der Waals surface area contributed by atoms with Crippen LogP contribution in [0.25, 0.3) is 0 Å². The van der Waals surface area contributed by atoms with Gasteiger partial charge in [-0.1, -0.05) is 6.92 Å².